The first kappa shape index (κ1) is 15.1. The second-order valence-corrected chi connectivity index (χ2v) is 3.83. The fourth-order valence-corrected chi connectivity index (χ4v) is 1.26. The lowest BCUT2D eigenvalue weighted by molar-refractivity contribution is -0.137. The SMILES string of the molecule is FC(F)(F)C(Cl)=Nc1ccc(C(F)(F)F)cc1Cl. The molecule has 0 spiro atoms. The molecule has 1 aromatic rings. The monoisotopic (exact) mass is 309 g/mol. The van der Waals surface area contributed by atoms with Gasteiger partial charge in [0.05, 0.1) is 16.3 Å². The van der Waals surface area contributed by atoms with Crippen LogP contribution in [0.15, 0.2) is 23.2 Å². The number of aliphatic imine (C=N–C) groups is 1. The lowest BCUT2D eigenvalue weighted by Crippen LogP contribution is -2.16. The number of halogens is 8. The molecule has 0 bridgehead atoms. The maximum atomic E-state index is 12.3. The average Bonchev–Trinajstić information content (AvgIpc) is 2.17. The van der Waals surface area contributed by atoms with Crippen LogP contribution < -0.4 is 0 Å². The van der Waals surface area contributed by atoms with E-state index in [-0.39, 0.29) is 0 Å². The summed E-state index contributed by atoms with van der Waals surface area (Å²) in [5.74, 6) is 0. The van der Waals surface area contributed by atoms with Crippen molar-refractivity contribution in [3.05, 3.63) is 28.8 Å². The van der Waals surface area contributed by atoms with E-state index in [0.717, 1.165) is 0 Å². The van der Waals surface area contributed by atoms with Gasteiger partial charge in [-0.15, -0.1) is 0 Å². The Morgan fingerprint density at radius 1 is 1.06 bits per heavy atom. The van der Waals surface area contributed by atoms with Crippen LogP contribution in [0.5, 0.6) is 0 Å². The predicted octanol–water partition coefficient (Wildman–Crippen LogP) is 5.19. The molecule has 0 heterocycles. The normalized spacial score (nSPS) is 13.9. The van der Waals surface area contributed by atoms with Crippen LogP contribution in [-0.2, 0) is 6.18 Å². The molecule has 100 valence electrons. The topological polar surface area (TPSA) is 12.4 Å². The molecule has 0 saturated carbocycles. The summed E-state index contributed by atoms with van der Waals surface area (Å²) in [4.78, 5) is 2.91. The second kappa shape index (κ2) is 4.97. The van der Waals surface area contributed by atoms with E-state index in [1.165, 1.54) is 0 Å². The molecule has 0 fully saturated rings. The van der Waals surface area contributed by atoms with Gasteiger partial charge in [-0.05, 0) is 18.2 Å². The fourth-order valence-electron chi connectivity index (χ4n) is 0.943. The van der Waals surface area contributed by atoms with E-state index in [1.54, 1.807) is 0 Å². The van der Waals surface area contributed by atoms with Gasteiger partial charge < -0.3 is 0 Å². The van der Waals surface area contributed by atoms with Crippen LogP contribution in [0.1, 0.15) is 5.56 Å². The molecule has 0 N–H and O–H groups in total. The Morgan fingerprint density at radius 2 is 1.61 bits per heavy atom. The molecule has 0 aliphatic heterocycles. The Hall–Kier alpha value is -0.950. The van der Waals surface area contributed by atoms with Crippen LogP contribution in [0.2, 0.25) is 5.02 Å². The highest BCUT2D eigenvalue weighted by Crippen LogP contribution is 2.35. The number of hydrogen-bond acceptors (Lipinski definition) is 1. The van der Waals surface area contributed by atoms with Gasteiger partial charge in [-0.25, -0.2) is 4.99 Å². The summed E-state index contributed by atoms with van der Waals surface area (Å²) < 4.78 is 72.9. The second-order valence-electron chi connectivity index (χ2n) is 3.06. The van der Waals surface area contributed by atoms with Crippen molar-refractivity contribution in [3.8, 4) is 0 Å². The summed E-state index contributed by atoms with van der Waals surface area (Å²) in [6.07, 6.45) is -9.52. The third-order valence-corrected chi connectivity index (χ3v) is 2.33. The zero-order valence-corrected chi connectivity index (χ0v) is 9.71. The first-order valence-electron chi connectivity index (χ1n) is 4.20. The van der Waals surface area contributed by atoms with E-state index < -0.39 is 33.8 Å². The van der Waals surface area contributed by atoms with Crippen LogP contribution in [0.25, 0.3) is 0 Å². The van der Waals surface area contributed by atoms with Crippen molar-refractivity contribution in [1.29, 1.82) is 0 Å². The van der Waals surface area contributed by atoms with Gasteiger partial charge in [0, 0.05) is 0 Å². The van der Waals surface area contributed by atoms with Crippen LogP contribution in [-0.4, -0.2) is 11.3 Å². The quantitative estimate of drug-likeness (QED) is 0.500. The molecule has 1 rings (SSSR count). The van der Waals surface area contributed by atoms with Crippen molar-refractivity contribution in [1.82, 2.24) is 0 Å². The molecule has 0 amide bonds. The largest absolute Gasteiger partial charge is 0.444 e. The summed E-state index contributed by atoms with van der Waals surface area (Å²) in [5, 5.41) is -2.30. The van der Waals surface area contributed by atoms with E-state index in [4.69, 9.17) is 23.2 Å². The van der Waals surface area contributed by atoms with Crippen molar-refractivity contribution < 1.29 is 26.3 Å². The van der Waals surface area contributed by atoms with Crippen molar-refractivity contribution >= 4 is 34.1 Å². The van der Waals surface area contributed by atoms with E-state index >= 15 is 0 Å². The summed E-state index contributed by atoms with van der Waals surface area (Å²) in [7, 11) is 0. The number of benzene rings is 1. The summed E-state index contributed by atoms with van der Waals surface area (Å²) in [6, 6.07) is 1.74. The standard InChI is InChI=1S/C9H3Cl2F6N/c10-5-3-4(8(12,13)14)1-2-6(5)18-7(11)9(15,16)17/h1-3H. The lowest BCUT2D eigenvalue weighted by atomic mass is 10.2. The Morgan fingerprint density at radius 3 is 2.00 bits per heavy atom. The van der Waals surface area contributed by atoms with Gasteiger partial charge in [0.2, 0.25) is 5.17 Å². The molecule has 1 nitrogen and oxygen atoms in total. The minimum Gasteiger partial charge on any atom is -0.231 e. The summed E-state index contributed by atoms with van der Waals surface area (Å²) in [5.41, 5.74) is -1.58. The molecule has 0 radical (unpaired) electrons. The van der Waals surface area contributed by atoms with Crippen LogP contribution in [0.3, 0.4) is 0 Å². The fraction of sp³-hybridized carbons (Fsp3) is 0.222. The molecule has 0 aliphatic carbocycles. The highest BCUT2D eigenvalue weighted by atomic mass is 35.5. The third-order valence-electron chi connectivity index (χ3n) is 1.73. The van der Waals surface area contributed by atoms with Crippen molar-refractivity contribution in [2.75, 3.05) is 0 Å². The Balaban J connectivity index is 3.16. The molecule has 0 aromatic heterocycles. The number of nitrogens with zero attached hydrogens (tertiary/aromatic N) is 1. The van der Waals surface area contributed by atoms with Crippen molar-refractivity contribution in [3.63, 3.8) is 0 Å². The van der Waals surface area contributed by atoms with Gasteiger partial charge in [0.15, 0.2) is 0 Å². The molecule has 0 atom stereocenters. The van der Waals surface area contributed by atoms with E-state index in [0.29, 0.717) is 18.2 Å². The predicted molar refractivity (Wildman–Crippen MR) is 55.5 cm³/mol. The highest BCUT2D eigenvalue weighted by Gasteiger charge is 2.35. The molecular weight excluding hydrogens is 307 g/mol. The molecule has 18 heavy (non-hydrogen) atoms. The summed E-state index contributed by atoms with van der Waals surface area (Å²) in [6.45, 7) is 0. The maximum Gasteiger partial charge on any atom is 0.444 e. The van der Waals surface area contributed by atoms with Crippen LogP contribution in [0.4, 0.5) is 32.0 Å². The van der Waals surface area contributed by atoms with Crippen molar-refractivity contribution in [2.24, 2.45) is 4.99 Å². The smallest absolute Gasteiger partial charge is 0.231 e. The first-order valence-corrected chi connectivity index (χ1v) is 4.95. The minimum atomic E-state index is -4.88. The molecule has 9 heteroatoms. The maximum absolute atomic E-state index is 12.3. The van der Waals surface area contributed by atoms with Gasteiger partial charge in [0.25, 0.3) is 0 Å². The Bertz CT molecular complexity index is 477. The van der Waals surface area contributed by atoms with Crippen LogP contribution in [0, 0.1) is 0 Å². The third kappa shape index (κ3) is 3.78. The lowest BCUT2D eigenvalue weighted by Gasteiger charge is -2.08. The Labute approximate surface area is 107 Å². The minimum absolute atomic E-state index is 0.473. The number of alkyl halides is 6. The van der Waals surface area contributed by atoms with Crippen molar-refractivity contribution in [2.45, 2.75) is 12.4 Å². The van der Waals surface area contributed by atoms with Gasteiger partial charge in [-0.3, -0.25) is 0 Å². The van der Waals surface area contributed by atoms with Gasteiger partial charge in [0.1, 0.15) is 0 Å². The average molecular weight is 310 g/mol. The summed E-state index contributed by atoms with van der Waals surface area (Å²) >= 11 is 10.2. The molecule has 0 unspecified atom stereocenters. The van der Waals surface area contributed by atoms with E-state index in [2.05, 4.69) is 4.99 Å². The molecule has 0 saturated heterocycles. The number of hydrogen-bond donors (Lipinski definition) is 0. The zero-order chi connectivity index (χ0) is 14.1. The molecular formula is C9H3Cl2F6N. The van der Waals surface area contributed by atoms with E-state index in [1.807, 2.05) is 0 Å². The van der Waals surface area contributed by atoms with Gasteiger partial charge in [-0.1, -0.05) is 23.2 Å². The highest BCUT2D eigenvalue weighted by molar-refractivity contribution is 6.67. The Kier molecular flexibility index (Phi) is 4.17. The number of rotatable bonds is 1. The van der Waals surface area contributed by atoms with Gasteiger partial charge in [-0.2, -0.15) is 26.3 Å². The first-order chi connectivity index (χ1) is 8.01. The molecule has 0 aliphatic rings. The van der Waals surface area contributed by atoms with Crippen LogP contribution >= 0.6 is 23.2 Å². The zero-order valence-electron chi connectivity index (χ0n) is 8.20. The van der Waals surface area contributed by atoms with Gasteiger partial charge >= 0.3 is 12.4 Å². The van der Waals surface area contributed by atoms with E-state index in [9.17, 15) is 26.3 Å². The molecule has 1 aromatic carbocycles.